The Hall–Kier alpha value is -3.60. The van der Waals surface area contributed by atoms with E-state index in [4.69, 9.17) is 0 Å². The average Bonchev–Trinajstić information content (AvgIpc) is 3.34. The van der Waals surface area contributed by atoms with Crippen LogP contribution in [0.1, 0.15) is 57.6 Å². The number of hydrogen-bond acceptors (Lipinski definition) is 2. The summed E-state index contributed by atoms with van der Waals surface area (Å²) >= 11 is 0. The molecule has 5 rings (SSSR count). The van der Waals surface area contributed by atoms with Crippen molar-refractivity contribution in [2.45, 2.75) is 52.6 Å². The molecule has 0 unspecified atom stereocenters. The Labute approximate surface area is 215 Å². The fourth-order valence-electron chi connectivity index (χ4n) is 5.54. The van der Waals surface area contributed by atoms with Gasteiger partial charge in [-0.15, -0.1) is 0 Å². The SMILES string of the molecule is CC(C)c1cccc(C(C)C)c1-n1c(-c2cccc(N3C=CN(C)[C@@H]3C)[n+]2C)[n+](C)c2ccccc21. The normalized spacial score (nSPS) is 15.8. The van der Waals surface area contributed by atoms with E-state index in [0.29, 0.717) is 11.8 Å². The molecule has 0 saturated heterocycles. The highest BCUT2D eigenvalue weighted by molar-refractivity contribution is 5.79. The number of hydrogen-bond donors (Lipinski definition) is 0. The van der Waals surface area contributed by atoms with E-state index in [1.54, 1.807) is 0 Å². The van der Waals surface area contributed by atoms with E-state index >= 15 is 0 Å². The number of rotatable bonds is 5. The Balaban J connectivity index is 1.87. The Bertz CT molecular complexity index is 1430. The summed E-state index contributed by atoms with van der Waals surface area (Å²) in [4.78, 5) is 4.57. The minimum atomic E-state index is 0.264. The van der Waals surface area contributed by atoms with Crippen molar-refractivity contribution in [3.05, 3.63) is 84.2 Å². The molecule has 2 aromatic carbocycles. The maximum Gasteiger partial charge on any atom is 0.335 e. The van der Waals surface area contributed by atoms with Crippen molar-refractivity contribution >= 4 is 16.9 Å². The fraction of sp³-hybridized carbons (Fsp3) is 0.355. The molecule has 0 aliphatic carbocycles. The van der Waals surface area contributed by atoms with Crippen LogP contribution in [0, 0.1) is 0 Å². The number of para-hydroxylation sites is 3. The molecule has 0 saturated carbocycles. The molecule has 36 heavy (non-hydrogen) atoms. The predicted octanol–water partition coefficient (Wildman–Crippen LogP) is 5.76. The first-order valence-corrected chi connectivity index (χ1v) is 13.0. The van der Waals surface area contributed by atoms with Gasteiger partial charge in [-0.2, -0.15) is 4.57 Å². The average molecular weight is 482 g/mol. The second-order valence-corrected chi connectivity index (χ2v) is 10.6. The van der Waals surface area contributed by atoms with Crippen LogP contribution in [0.3, 0.4) is 0 Å². The maximum atomic E-state index is 2.51. The van der Waals surface area contributed by atoms with Crippen molar-refractivity contribution in [1.29, 1.82) is 0 Å². The molecule has 1 aliphatic rings. The van der Waals surface area contributed by atoms with E-state index in [9.17, 15) is 0 Å². The summed E-state index contributed by atoms with van der Waals surface area (Å²) in [5.41, 5.74) is 7.69. The van der Waals surface area contributed by atoms with Gasteiger partial charge >= 0.3 is 5.82 Å². The molecule has 0 bridgehead atoms. The first kappa shape index (κ1) is 24.1. The summed E-state index contributed by atoms with van der Waals surface area (Å²) < 4.78 is 7.19. The van der Waals surface area contributed by atoms with Gasteiger partial charge in [0.15, 0.2) is 17.2 Å². The van der Waals surface area contributed by atoms with E-state index in [0.717, 1.165) is 0 Å². The second-order valence-electron chi connectivity index (χ2n) is 10.6. The Kier molecular flexibility index (Phi) is 6.11. The number of nitrogens with zero attached hydrogens (tertiary/aromatic N) is 5. The van der Waals surface area contributed by atoms with Gasteiger partial charge < -0.3 is 4.90 Å². The number of imidazole rings is 1. The lowest BCUT2D eigenvalue weighted by atomic mass is 9.92. The topological polar surface area (TPSA) is 19.2 Å². The van der Waals surface area contributed by atoms with E-state index in [2.05, 4.69) is 152 Å². The van der Waals surface area contributed by atoms with Crippen LogP contribution in [0.5, 0.6) is 0 Å². The van der Waals surface area contributed by atoms with Crippen LogP contribution in [0.15, 0.2) is 73.1 Å². The van der Waals surface area contributed by atoms with Crippen LogP contribution in [-0.4, -0.2) is 22.7 Å². The monoisotopic (exact) mass is 481 g/mol. The smallest absolute Gasteiger partial charge is 0.335 e. The third kappa shape index (κ3) is 3.69. The second kappa shape index (κ2) is 9.12. The Morgan fingerprint density at radius 3 is 2.00 bits per heavy atom. The summed E-state index contributed by atoms with van der Waals surface area (Å²) in [5.74, 6) is 3.16. The summed E-state index contributed by atoms with van der Waals surface area (Å²) in [5, 5.41) is 0. The molecule has 4 aromatic rings. The molecule has 5 heteroatoms. The predicted molar refractivity (Wildman–Crippen MR) is 148 cm³/mol. The highest BCUT2D eigenvalue weighted by Crippen LogP contribution is 2.36. The number of fused-ring (bicyclic) bond motifs is 1. The lowest BCUT2D eigenvalue weighted by Gasteiger charge is -2.22. The van der Waals surface area contributed by atoms with Gasteiger partial charge in [0.1, 0.15) is 11.9 Å². The molecule has 0 amide bonds. The lowest BCUT2D eigenvalue weighted by Crippen LogP contribution is -2.45. The van der Waals surface area contributed by atoms with Crippen molar-refractivity contribution in [2.75, 3.05) is 11.9 Å². The van der Waals surface area contributed by atoms with E-state index in [1.165, 1.54) is 45.2 Å². The van der Waals surface area contributed by atoms with Crippen molar-refractivity contribution < 1.29 is 9.13 Å². The van der Waals surface area contributed by atoms with Crippen LogP contribution in [0.2, 0.25) is 0 Å². The molecule has 1 atom stereocenters. The van der Waals surface area contributed by atoms with Gasteiger partial charge in [0.05, 0.1) is 14.1 Å². The van der Waals surface area contributed by atoms with Gasteiger partial charge in [-0.1, -0.05) is 58.0 Å². The van der Waals surface area contributed by atoms with E-state index in [1.807, 2.05) is 0 Å². The molecule has 0 radical (unpaired) electrons. The molecule has 1 aliphatic heterocycles. The number of benzene rings is 2. The Morgan fingerprint density at radius 2 is 1.39 bits per heavy atom. The molecule has 0 spiro atoms. The first-order chi connectivity index (χ1) is 17.2. The lowest BCUT2D eigenvalue weighted by molar-refractivity contribution is -0.672. The summed E-state index contributed by atoms with van der Waals surface area (Å²) in [6.45, 7) is 11.4. The maximum absolute atomic E-state index is 2.51. The Morgan fingerprint density at radius 1 is 0.750 bits per heavy atom. The molecule has 3 heterocycles. The summed E-state index contributed by atoms with van der Waals surface area (Å²) in [6.07, 6.45) is 4.58. The quantitative estimate of drug-likeness (QED) is 0.338. The number of aromatic nitrogens is 3. The van der Waals surface area contributed by atoms with Gasteiger partial charge in [0.25, 0.3) is 5.82 Å². The van der Waals surface area contributed by atoms with Crippen LogP contribution in [0.4, 0.5) is 5.82 Å². The molecular weight excluding hydrogens is 442 g/mol. The standard InChI is InChI=1S/C31H39N5/c1-21(2)24-13-11-14-25(22(3)4)30(24)36-27-16-10-9-15-26(27)34(8)31(36)28-17-12-18-29(33(28)7)35-20-19-32(6)23(35)5/h9-23H,1-8H3/q+2/t23-/m0/s1. The zero-order valence-corrected chi connectivity index (χ0v) is 22.9. The molecule has 0 N–H and O–H groups in total. The van der Waals surface area contributed by atoms with Crippen molar-refractivity contribution in [2.24, 2.45) is 14.1 Å². The van der Waals surface area contributed by atoms with Gasteiger partial charge in [-0.05, 0) is 43.0 Å². The number of pyridine rings is 1. The van der Waals surface area contributed by atoms with Gasteiger partial charge in [0.2, 0.25) is 5.69 Å². The zero-order valence-electron chi connectivity index (χ0n) is 22.9. The van der Waals surface area contributed by atoms with Crippen molar-refractivity contribution in [1.82, 2.24) is 9.47 Å². The molecule has 5 nitrogen and oxygen atoms in total. The van der Waals surface area contributed by atoms with Gasteiger partial charge in [0, 0.05) is 30.4 Å². The van der Waals surface area contributed by atoms with Crippen LogP contribution < -0.4 is 14.0 Å². The first-order valence-electron chi connectivity index (χ1n) is 13.0. The fourth-order valence-corrected chi connectivity index (χ4v) is 5.54. The van der Waals surface area contributed by atoms with Crippen LogP contribution >= 0.6 is 0 Å². The number of anilines is 1. The van der Waals surface area contributed by atoms with Crippen LogP contribution in [-0.2, 0) is 14.1 Å². The van der Waals surface area contributed by atoms with Crippen molar-refractivity contribution in [3.8, 4) is 17.2 Å². The summed E-state index contributed by atoms with van der Waals surface area (Å²) in [6, 6.07) is 22.2. The molecule has 186 valence electrons. The minimum Gasteiger partial charge on any atom is -0.339 e. The largest absolute Gasteiger partial charge is 0.339 e. The number of aryl methyl sites for hydroxylation is 1. The third-order valence-electron chi connectivity index (χ3n) is 7.73. The zero-order chi connectivity index (χ0) is 25.7. The molecular formula is C31H39N5+2. The third-order valence-corrected chi connectivity index (χ3v) is 7.73. The van der Waals surface area contributed by atoms with E-state index < -0.39 is 0 Å². The van der Waals surface area contributed by atoms with Crippen LogP contribution in [0.25, 0.3) is 28.2 Å². The van der Waals surface area contributed by atoms with Crippen molar-refractivity contribution in [3.63, 3.8) is 0 Å². The molecule has 2 aromatic heterocycles. The highest BCUT2D eigenvalue weighted by atomic mass is 15.4. The van der Waals surface area contributed by atoms with E-state index in [-0.39, 0.29) is 6.17 Å². The highest BCUT2D eigenvalue weighted by Gasteiger charge is 2.35. The van der Waals surface area contributed by atoms with Gasteiger partial charge in [-0.3, -0.25) is 0 Å². The summed E-state index contributed by atoms with van der Waals surface area (Å²) in [7, 11) is 6.50. The minimum absolute atomic E-state index is 0.264. The van der Waals surface area contributed by atoms with Gasteiger partial charge in [-0.25, -0.2) is 14.0 Å². The molecule has 0 fully saturated rings.